The Morgan fingerprint density at radius 1 is 1.26 bits per heavy atom. The van der Waals surface area contributed by atoms with Gasteiger partial charge in [-0.05, 0) is 12.1 Å². The number of thioether (sulfide) groups is 1. The smallest absolute Gasteiger partial charge is 0.328 e. The van der Waals surface area contributed by atoms with Crippen molar-refractivity contribution in [3.8, 4) is 0 Å². The predicted molar refractivity (Wildman–Crippen MR) is 99.6 cm³/mol. The van der Waals surface area contributed by atoms with E-state index in [1.165, 1.54) is 11.8 Å². The molecule has 1 aliphatic heterocycles. The van der Waals surface area contributed by atoms with Gasteiger partial charge < -0.3 is 20.3 Å². The molecule has 2 heterocycles. The van der Waals surface area contributed by atoms with Crippen LogP contribution >= 0.6 is 11.8 Å². The molecule has 148 valence electrons. The van der Waals surface area contributed by atoms with Gasteiger partial charge >= 0.3 is 11.9 Å². The minimum atomic E-state index is -1.26. The van der Waals surface area contributed by atoms with E-state index in [9.17, 15) is 14.4 Å². The fourth-order valence-electron chi connectivity index (χ4n) is 2.06. The average Bonchev–Trinajstić information content (AvgIpc) is 2.67. The fourth-order valence-corrected chi connectivity index (χ4v) is 3.14. The third kappa shape index (κ3) is 10.3. The van der Waals surface area contributed by atoms with Gasteiger partial charge in [0.05, 0.1) is 18.2 Å². The number of nitrogens with one attached hydrogen (secondary N) is 1. The minimum Gasteiger partial charge on any atom is -0.478 e. The Kier molecular flexibility index (Phi) is 10.8. The number of hydrogen-bond acceptors (Lipinski definition) is 7. The number of carboxylic acid groups (broad SMARTS) is 2. The largest absolute Gasteiger partial charge is 0.478 e. The Morgan fingerprint density at radius 2 is 1.89 bits per heavy atom. The number of pyridine rings is 1. The number of rotatable bonds is 7. The molecule has 10 heteroatoms. The van der Waals surface area contributed by atoms with Crippen LogP contribution in [-0.2, 0) is 19.1 Å². The maximum atomic E-state index is 12.0. The van der Waals surface area contributed by atoms with Gasteiger partial charge in [-0.25, -0.2) is 14.6 Å². The van der Waals surface area contributed by atoms with E-state index < -0.39 is 11.9 Å². The molecule has 1 saturated heterocycles. The van der Waals surface area contributed by atoms with Crippen LogP contribution in [0.1, 0.15) is 0 Å². The Hall–Kier alpha value is -2.43. The van der Waals surface area contributed by atoms with Crippen molar-refractivity contribution in [2.24, 2.45) is 0 Å². The summed E-state index contributed by atoms with van der Waals surface area (Å²) in [6.45, 7) is 3.99. The lowest BCUT2D eigenvalue weighted by Gasteiger charge is -2.29. The summed E-state index contributed by atoms with van der Waals surface area (Å²) < 4.78 is 5.32. The second-order valence-electron chi connectivity index (χ2n) is 5.31. The molecule has 0 aliphatic carbocycles. The summed E-state index contributed by atoms with van der Waals surface area (Å²) in [5, 5.41) is 19.1. The SMILES string of the molecule is CNC(=O)C(CN1CCOCC1)Sc1ccccn1.O=C(O)C=CC(=O)O. The topological polar surface area (TPSA) is 129 Å². The number of nitrogens with zero attached hydrogens (tertiary/aromatic N) is 2. The molecule has 3 N–H and O–H groups in total. The van der Waals surface area contributed by atoms with E-state index in [0.29, 0.717) is 12.2 Å². The van der Waals surface area contributed by atoms with Crippen LogP contribution < -0.4 is 5.32 Å². The standard InChI is InChI=1S/C13H19N3O2S.C4H4O4/c1-14-13(17)11(10-16-6-8-18-9-7-16)19-12-4-2-3-5-15-12;5-3(6)1-2-4(7)8/h2-5,11H,6-10H2,1H3,(H,14,17);1-2H,(H,5,6)(H,7,8). The first kappa shape index (κ1) is 22.6. The van der Waals surface area contributed by atoms with Gasteiger partial charge in [-0.3, -0.25) is 9.69 Å². The Labute approximate surface area is 161 Å². The van der Waals surface area contributed by atoms with Crippen LogP contribution in [0.4, 0.5) is 0 Å². The maximum Gasteiger partial charge on any atom is 0.328 e. The number of morpholine rings is 1. The minimum absolute atomic E-state index is 0.0437. The maximum absolute atomic E-state index is 12.0. The first-order valence-electron chi connectivity index (χ1n) is 8.15. The van der Waals surface area contributed by atoms with Crippen molar-refractivity contribution in [1.29, 1.82) is 0 Å². The van der Waals surface area contributed by atoms with Gasteiger partial charge in [0.15, 0.2) is 0 Å². The van der Waals surface area contributed by atoms with Crippen molar-refractivity contribution >= 4 is 29.6 Å². The van der Waals surface area contributed by atoms with Gasteiger partial charge in [0.1, 0.15) is 5.25 Å². The van der Waals surface area contributed by atoms with E-state index >= 15 is 0 Å². The molecule has 1 fully saturated rings. The number of aromatic nitrogens is 1. The van der Waals surface area contributed by atoms with Gasteiger partial charge in [0.25, 0.3) is 0 Å². The van der Waals surface area contributed by atoms with Gasteiger partial charge in [0.2, 0.25) is 5.91 Å². The first-order chi connectivity index (χ1) is 12.9. The van der Waals surface area contributed by atoms with E-state index in [1.54, 1.807) is 13.2 Å². The molecule has 0 bridgehead atoms. The summed E-state index contributed by atoms with van der Waals surface area (Å²) in [5.41, 5.74) is 0. The summed E-state index contributed by atoms with van der Waals surface area (Å²) in [6, 6.07) is 5.74. The zero-order chi connectivity index (χ0) is 20.1. The van der Waals surface area contributed by atoms with E-state index in [-0.39, 0.29) is 11.2 Å². The molecule has 27 heavy (non-hydrogen) atoms. The monoisotopic (exact) mass is 397 g/mol. The molecule has 1 aromatic heterocycles. The molecule has 2 rings (SSSR count). The van der Waals surface area contributed by atoms with Crippen molar-refractivity contribution in [3.05, 3.63) is 36.5 Å². The zero-order valence-corrected chi connectivity index (χ0v) is 15.7. The highest BCUT2D eigenvalue weighted by atomic mass is 32.2. The van der Waals surface area contributed by atoms with Crippen LogP contribution in [0.3, 0.4) is 0 Å². The van der Waals surface area contributed by atoms with Crippen molar-refractivity contribution in [2.45, 2.75) is 10.3 Å². The molecule has 1 aliphatic rings. The predicted octanol–water partition coefficient (Wildman–Crippen LogP) is 0.332. The lowest BCUT2D eigenvalue weighted by Crippen LogP contribution is -2.44. The molecule has 9 nitrogen and oxygen atoms in total. The van der Waals surface area contributed by atoms with Gasteiger partial charge in [-0.2, -0.15) is 0 Å². The van der Waals surface area contributed by atoms with Crippen LogP contribution in [-0.4, -0.2) is 83.1 Å². The molecule has 0 saturated carbocycles. The molecule has 0 aromatic carbocycles. The molecular formula is C17H23N3O6S. The number of ether oxygens (including phenoxy) is 1. The molecule has 1 unspecified atom stereocenters. The molecular weight excluding hydrogens is 374 g/mol. The van der Waals surface area contributed by atoms with Crippen LogP contribution in [0.2, 0.25) is 0 Å². The summed E-state index contributed by atoms with van der Waals surface area (Å²) >= 11 is 1.51. The molecule has 1 atom stereocenters. The normalized spacial score (nSPS) is 15.4. The number of carbonyl (C=O) groups is 3. The van der Waals surface area contributed by atoms with Crippen LogP contribution in [0, 0.1) is 0 Å². The summed E-state index contributed by atoms with van der Waals surface area (Å²) in [5.74, 6) is -2.47. The summed E-state index contributed by atoms with van der Waals surface area (Å²) in [4.78, 5) is 37.6. The van der Waals surface area contributed by atoms with Crippen LogP contribution in [0.5, 0.6) is 0 Å². The quantitative estimate of drug-likeness (QED) is 0.440. The zero-order valence-electron chi connectivity index (χ0n) is 14.9. The van der Waals surface area contributed by atoms with Gasteiger partial charge in [-0.1, -0.05) is 17.8 Å². The lowest BCUT2D eigenvalue weighted by molar-refractivity contribution is -0.134. The summed E-state index contributed by atoms with van der Waals surface area (Å²) in [7, 11) is 1.67. The van der Waals surface area contributed by atoms with E-state index in [0.717, 1.165) is 37.9 Å². The van der Waals surface area contributed by atoms with Crippen molar-refractivity contribution in [3.63, 3.8) is 0 Å². The number of carbonyl (C=O) groups excluding carboxylic acids is 1. The van der Waals surface area contributed by atoms with E-state index in [4.69, 9.17) is 14.9 Å². The van der Waals surface area contributed by atoms with Gasteiger partial charge in [0, 0.05) is 45.0 Å². The van der Waals surface area contributed by atoms with Crippen LogP contribution in [0.25, 0.3) is 0 Å². The second kappa shape index (κ2) is 12.8. The summed E-state index contributed by atoms with van der Waals surface area (Å²) in [6.07, 6.45) is 2.86. The third-order valence-corrected chi connectivity index (χ3v) is 4.47. The molecule has 0 spiro atoms. The van der Waals surface area contributed by atoms with E-state index in [1.807, 2.05) is 18.2 Å². The second-order valence-corrected chi connectivity index (χ2v) is 6.53. The lowest BCUT2D eigenvalue weighted by atomic mass is 10.3. The van der Waals surface area contributed by atoms with E-state index in [2.05, 4.69) is 15.2 Å². The number of aliphatic carboxylic acids is 2. The van der Waals surface area contributed by atoms with Crippen LogP contribution in [0.15, 0.2) is 41.6 Å². The average molecular weight is 397 g/mol. The van der Waals surface area contributed by atoms with Crippen molar-refractivity contribution in [2.75, 3.05) is 39.9 Å². The molecule has 1 amide bonds. The van der Waals surface area contributed by atoms with Gasteiger partial charge in [-0.15, -0.1) is 0 Å². The highest BCUT2D eigenvalue weighted by Crippen LogP contribution is 2.22. The first-order valence-corrected chi connectivity index (χ1v) is 9.03. The fraction of sp³-hybridized carbons (Fsp3) is 0.412. The molecule has 1 aromatic rings. The Bertz CT molecular complexity index is 619. The van der Waals surface area contributed by atoms with Crippen molar-refractivity contribution < 1.29 is 29.3 Å². The Morgan fingerprint density at radius 3 is 2.37 bits per heavy atom. The third-order valence-electron chi connectivity index (χ3n) is 3.34. The highest BCUT2D eigenvalue weighted by Gasteiger charge is 2.23. The number of amides is 1. The molecule has 0 radical (unpaired) electrons. The van der Waals surface area contributed by atoms with Crippen molar-refractivity contribution in [1.82, 2.24) is 15.2 Å². The highest BCUT2D eigenvalue weighted by molar-refractivity contribution is 8.00. The number of carboxylic acids is 2. The Balaban J connectivity index is 0.000000387. The number of hydrogen-bond donors (Lipinski definition) is 3.